The van der Waals surface area contributed by atoms with E-state index in [1.165, 1.54) is 0 Å². The minimum absolute atomic E-state index is 0.166. The average Bonchev–Trinajstić information content (AvgIpc) is 2.73. The molecule has 1 fully saturated rings. The number of urea groups is 1. The zero-order chi connectivity index (χ0) is 15.8. The van der Waals surface area contributed by atoms with E-state index in [1.807, 2.05) is 0 Å². The number of ether oxygens (including phenoxy) is 1. The molecule has 21 heavy (non-hydrogen) atoms. The van der Waals surface area contributed by atoms with Gasteiger partial charge >= 0.3 is 13.9 Å². The second kappa shape index (κ2) is 5.55. The number of hydrogen-bond donors (Lipinski definition) is 5. The molecular weight excluding hydrogens is 309 g/mol. The first-order chi connectivity index (χ1) is 9.68. The van der Waals surface area contributed by atoms with Crippen LogP contribution in [0.3, 0.4) is 0 Å². The molecule has 0 aromatic rings. The van der Waals surface area contributed by atoms with Crippen LogP contribution in [-0.2, 0) is 13.9 Å². The van der Waals surface area contributed by atoms with Gasteiger partial charge in [0.25, 0.3) is 0 Å². The summed E-state index contributed by atoms with van der Waals surface area (Å²) in [6, 6.07) is -1.12. The molecule has 0 aliphatic carbocycles. The van der Waals surface area contributed by atoms with Gasteiger partial charge in [-0.25, -0.2) is 9.36 Å². The summed E-state index contributed by atoms with van der Waals surface area (Å²) in [6.07, 6.45) is -1.52. The SMILES string of the molecule is NC1=NC(=O)[N+](OP(=O)(O)O)([C@H]2C[C@H](O)[C@@H](CO)O2)C=C1. The van der Waals surface area contributed by atoms with Gasteiger partial charge in [0, 0.05) is 6.08 Å². The van der Waals surface area contributed by atoms with Crippen LogP contribution in [0.5, 0.6) is 0 Å². The molecule has 2 aliphatic rings. The van der Waals surface area contributed by atoms with Gasteiger partial charge in [-0.05, 0) is 4.65 Å². The average molecular weight is 324 g/mol. The van der Waals surface area contributed by atoms with E-state index in [0.29, 0.717) is 0 Å². The van der Waals surface area contributed by atoms with E-state index in [0.717, 1.165) is 12.3 Å². The summed E-state index contributed by atoms with van der Waals surface area (Å²) in [5.41, 5.74) is 5.34. The van der Waals surface area contributed by atoms with Gasteiger partial charge in [-0.2, -0.15) is 0 Å². The number of phosphoric acid groups is 1. The molecule has 0 spiro atoms. The third kappa shape index (κ3) is 3.20. The van der Waals surface area contributed by atoms with Crippen LogP contribution in [0, 0.1) is 0 Å². The van der Waals surface area contributed by atoms with E-state index in [4.69, 9.17) is 25.4 Å². The first-order valence-electron chi connectivity index (χ1n) is 5.85. The molecule has 1 unspecified atom stereocenters. The molecule has 0 saturated carbocycles. The number of rotatable bonds is 4. The summed E-state index contributed by atoms with van der Waals surface area (Å²) in [5.74, 6) is -0.166. The predicted molar refractivity (Wildman–Crippen MR) is 65.9 cm³/mol. The number of nitrogens with two attached hydrogens (primary N) is 1. The number of aliphatic hydroxyl groups is 2. The molecule has 4 atom stereocenters. The number of amidine groups is 1. The maximum absolute atomic E-state index is 12.1. The lowest BCUT2D eigenvalue weighted by Crippen LogP contribution is -2.55. The summed E-state index contributed by atoms with van der Waals surface area (Å²) in [5, 5.41) is 18.7. The molecule has 0 aromatic heterocycles. The fraction of sp³-hybridized carbons (Fsp3) is 0.556. The van der Waals surface area contributed by atoms with Gasteiger partial charge in [-0.3, -0.25) is 9.79 Å². The van der Waals surface area contributed by atoms with Gasteiger partial charge in [0.1, 0.15) is 18.1 Å². The van der Waals surface area contributed by atoms with Crippen molar-refractivity contribution in [3.05, 3.63) is 12.3 Å². The molecule has 2 amide bonds. The van der Waals surface area contributed by atoms with Crippen LogP contribution < -0.4 is 5.73 Å². The van der Waals surface area contributed by atoms with Crippen LogP contribution in [0.15, 0.2) is 17.3 Å². The number of hydrogen-bond acceptors (Lipinski definition) is 7. The third-order valence-corrected chi connectivity index (χ3v) is 3.53. The van der Waals surface area contributed by atoms with Crippen LogP contribution in [0.4, 0.5) is 4.79 Å². The van der Waals surface area contributed by atoms with E-state index in [9.17, 15) is 14.5 Å². The number of aliphatic imine (C=N–C) groups is 1. The number of aliphatic hydroxyl groups excluding tert-OH is 2. The maximum atomic E-state index is 12.1. The van der Waals surface area contributed by atoms with E-state index >= 15 is 0 Å². The van der Waals surface area contributed by atoms with Crippen LogP contribution in [-0.4, -0.2) is 61.6 Å². The van der Waals surface area contributed by atoms with Crippen molar-refractivity contribution in [3.8, 4) is 0 Å². The van der Waals surface area contributed by atoms with Crippen molar-refractivity contribution >= 4 is 19.7 Å². The lowest BCUT2D eigenvalue weighted by molar-refractivity contribution is -1.01. The van der Waals surface area contributed by atoms with E-state index in [-0.39, 0.29) is 12.3 Å². The molecule has 2 aliphatic heterocycles. The van der Waals surface area contributed by atoms with Gasteiger partial charge in [0.2, 0.25) is 6.23 Å². The first kappa shape index (κ1) is 16.2. The number of carbonyl (C=O) groups is 1. The lowest BCUT2D eigenvalue weighted by atomic mass is 10.2. The fourth-order valence-corrected chi connectivity index (χ4v) is 2.69. The monoisotopic (exact) mass is 324 g/mol. The van der Waals surface area contributed by atoms with E-state index in [1.54, 1.807) is 0 Å². The molecule has 118 valence electrons. The zero-order valence-corrected chi connectivity index (χ0v) is 11.5. The van der Waals surface area contributed by atoms with E-state index < -0.39 is 43.5 Å². The van der Waals surface area contributed by atoms with Crippen LogP contribution in [0.1, 0.15) is 6.42 Å². The molecule has 0 bridgehead atoms. The Bertz CT molecular complexity index is 545. The highest BCUT2D eigenvalue weighted by molar-refractivity contribution is 7.46. The predicted octanol–water partition coefficient (Wildman–Crippen LogP) is -1.70. The van der Waals surface area contributed by atoms with Crippen LogP contribution >= 0.6 is 7.82 Å². The molecule has 2 heterocycles. The van der Waals surface area contributed by atoms with Crippen molar-refractivity contribution in [3.63, 3.8) is 0 Å². The van der Waals surface area contributed by atoms with Crippen molar-refractivity contribution in [1.29, 1.82) is 0 Å². The van der Waals surface area contributed by atoms with Gasteiger partial charge in [0.15, 0.2) is 0 Å². The third-order valence-electron chi connectivity index (χ3n) is 3.04. The largest absolute Gasteiger partial charge is 0.516 e. The number of hydroxylamine groups is 3. The van der Waals surface area contributed by atoms with Gasteiger partial charge in [-0.15, -0.1) is 4.99 Å². The lowest BCUT2D eigenvalue weighted by Gasteiger charge is -2.32. The molecule has 12 heteroatoms. The fourth-order valence-electron chi connectivity index (χ4n) is 2.10. The Kier molecular flexibility index (Phi) is 4.29. The second-order valence-corrected chi connectivity index (χ2v) is 5.68. The topological polar surface area (TPSA) is 172 Å². The number of quaternary nitrogens is 1. The Morgan fingerprint density at radius 1 is 1.57 bits per heavy atom. The smallest absolute Gasteiger partial charge is 0.394 e. The normalized spacial score (nSPS) is 36.9. The number of amides is 2. The molecule has 0 radical (unpaired) electrons. The van der Waals surface area contributed by atoms with Gasteiger partial charge in [-0.1, -0.05) is 4.62 Å². The summed E-state index contributed by atoms with van der Waals surface area (Å²) in [7, 11) is -5.09. The molecule has 11 nitrogen and oxygen atoms in total. The summed E-state index contributed by atoms with van der Waals surface area (Å²) < 4.78 is 19.5. The number of nitrogens with zero attached hydrogens (tertiary/aromatic N) is 2. The molecule has 6 N–H and O–H groups in total. The summed E-state index contributed by atoms with van der Waals surface area (Å²) in [6.45, 7) is -0.531. The Balaban J connectivity index is 2.37. The zero-order valence-electron chi connectivity index (χ0n) is 10.6. The maximum Gasteiger partial charge on any atom is 0.516 e. The van der Waals surface area contributed by atoms with Crippen molar-refractivity contribution in [2.24, 2.45) is 10.7 Å². The Morgan fingerprint density at radius 3 is 2.71 bits per heavy atom. The van der Waals surface area contributed by atoms with Crippen molar-refractivity contribution in [2.45, 2.75) is 24.9 Å². The first-order valence-corrected chi connectivity index (χ1v) is 7.38. The highest BCUT2D eigenvalue weighted by Crippen LogP contribution is 2.45. The Labute approximate surface area is 118 Å². The molecule has 1 saturated heterocycles. The minimum Gasteiger partial charge on any atom is -0.394 e. The Hall–Kier alpha value is -1.17. The standard InChI is InChI=1S/C9H14N3O8P/c10-7-1-2-12(9(15)11-7,20-21(16,17)18)8-3-5(14)6(4-13)19-8/h1-2,5-6,8,13-14H,3-4H2,(H3-,10,11,15,16,17,18)/p+1/t5-,6+,8+,12?/m0/s1. The quantitative estimate of drug-likeness (QED) is 0.298. The summed E-state index contributed by atoms with van der Waals surface area (Å²) >= 11 is 0. The molecule has 0 aromatic carbocycles. The Morgan fingerprint density at radius 2 is 2.24 bits per heavy atom. The van der Waals surface area contributed by atoms with Crippen LogP contribution in [0.25, 0.3) is 0 Å². The van der Waals surface area contributed by atoms with Gasteiger partial charge in [0.05, 0.1) is 19.1 Å². The minimum atomic E-state index is -5.09. The van der Waals surface area contributed by atoms with Gasteiger partial charge < -0.3 is 20.7 Å². The van der Waals surface area contributed by atoms with Crippen LogP contribution in [0.2, 0.25) is 0 Å². The molecular formula is C9H15N3O8P+. The highest BCUT2D eigenvalue weighted by Gasteiger charge is 2.57. The van der Waals surface area contributed by atoms with Crippen molar-refractivity contribution < 1.29 is 43.4 Å². The van der Waals surface area contributed by atoms with Crippen molar-refractivity contribution in [2.75, 3.05) is 6.61 Å². The molecule has 2 rings (SSSR count). The second-order valence-electron chi connectivity index (χ2n) is 4.53. The van der Waals surface area contributed by atoms with Crippen molar-refractivity contribution in [1.82, 2.24) is 0 Å². The van der Waals surface area contributed by atoms with E-state index in [2.05, 4.69) is 9.62 Å². The highest BCUT2D eigenvalue weighted by atomic mass is 31.2. The summed E-state index contributed by atoms with van der Waals surface area (Å²) in [4.78, 5) is 33.5. The number of carbonyl (C=O) groups excluding carboxylic acids is 1.